The minimum Gasteiger partial charge on any atom is -0.463 e. The molecule has 128 valence electrons. The molecule has 0 fully saturated rings. The van der Waals surface area contributed by atoms with Crippen LogP contribution in [0.15, 0.2) is 25.3 Å². The molecule has 4 nitrogen and oxygen atoms in total. The molecule has 0 aromatic carbocycles. The van der Waals surface area contributed by atoms with Gasteiger partial charge in [0.25, 0.3) is 0 Å². The number of likely N-dealkylation sites (N-methyl/N-ethyl adjacent to an activating group) is 1. The number of carbonyl (C=O) groups excluding carboxylic acids is 2. The van der Waals surface area contributed by atoms with E-state index >= 15 is 0 Å². The van der Waals surface area contributed by atoms with Crippen LogP contribution in [-0.2, 0) is 14.3 Å². The standard InChI is InChI=1S/C13H24O2.C5H9NO/c1-3-5-6-7-8-9-10-11-12-15-13(14)4-2;1-4-5(7)6(2)3/h4H,2-3,5-12H2,1H3;4H,1H2,2-3H3. The molecule has 1 amide bonds. The van der Waals surface area contributed by atoms with Gasteiger partial charge in [-0.3, -0.25) is 4.79 Å². The molecule has 0 bridgehead atoms. The average Bonchev–Trinajstić information content (AvgIpc) is 2.52. The highest BCUT2D eigenvalue weighted by molar-refractivity contribution is 5.86. The maximum atomic E-state index is 10.7. The molecule has 0 aromatic rings. The molecule has 4 heteroatoms. The third-order valence-electron chi connectivity index (χ3n) is 3.02. The molecule has 0 aliphatic carbocycles. The topological polar surface area (TPSA) is 46.6 Å². The zero-order valence-electron chi connectivity index (χ0n) is 14.6. The van der Waals surface area contributed by atoms with Crippen LogP contribution < -0.4 is 0 Å². The Labute approximate surface area is 136 Å². The SMILES string of the molecule is C=CC(=O)N(C)C.C=CC(=O)OCCCCCCCCCC. The molecular formula is C18H33NO3. The summed E-state index contributed by atoms with van der Waals surface area (Å²) >= 11 is 0. The van der Waals surface area contributed by atoms with E-state index in [1.54, 1.807) is 14.1 Å². The molecule has 0 N–H and O–H groups in total. The van der Waals surface area contributed by atoms with Crippen molar-refractivity contribution < 1.29 is 14.3 Å². The van der Waals surface area contributed by atoms with Crippen LogP contribution in [0.25, 0.3) is 0 Å². The molecule has 22 heavy (non-hydrogen) atoms. The number of unbranched alkanes of at least 4 members (excludes halogenated alkanes) is 7. The lowest BCUT2D eigenvalue weighted by Gasteiger charge is -2.03. The first-order valence-electron chi connectivity index (χ1n) is 8.12. The number of hydrogen-bond donors (Lipinski definition) is 0. The molecular weight excluding hydrogens is 278 g/mol. The Morgan fingerprint density at radius 2 is 1.41 bits per heavy atom. The molecule has 0 aliphatic rings. The maximum Gasteiger partial charge on any atom is 0.330 e. The Bertz CT molecular complexity index is 311. The first-order chi connectivity index (χ1) is 10.5. The van der Waals surface area contributed by atoms with Crippen LogP contribution >= 0.6 is 0 Å². The van der Waals surface area contributed by atoms with E-state index in [1.807, 2.05) is 0 Å². The lowest BCUT2D eigenvalue weighted by molar-refractivity contribution is -0.137. The highest BCUT2D eigenvalue weighted by atomic mass is 16.5. The van der Waals surface area contributed by atoms with Gasteiger partial charge in [-0.1, -0.05) is 65.0 Å². The van der Waals surface area contributed by atoms with Crippen LogP contribution in [0.5, 0.6) is 0 Å². The first-order valence-corrected chi connectivity index (χ1v) is 8.12. The molecule has 0 radical (unpaired) electrons. The van der Waals surface area contributed by atoms with Gasteiger partial charge in [0.2, 0.25) is 5.91 Å². The van der Waals surface area contributed by atoms with Crippen molar-refractivity contribution in [3.8, 4) is 0 Å². The molecule has 0 rings (SSSR count). The van der Waals surface area contributed by atoms with Gasteiger partial charge in [-0.2, -0.15) is 0 Å². The summed E-state index contributed by atoms with van der Waals surface area (Å²) in [5, 5.41) is 0. The summed E-state index contributed by atoms with van der Waals surface area (Å²) in [6.45, 7) is 9.41. The van der Waals surface area contributed by atoms with Crippen molar-refractivity contribution in [2.24, 2.45) is 0 Å². The number of esters is 1. The summed E-state index contributed by atoms with van der Waals surface area (Å²) in [6.07, 6.45) is 12.6. The van der Waals surface area contributed by atoms with Gasteiger partial charge in [-0.15, -0.1) is 0 Å². The van der Waals surface area contributed by atoms with E-state index in [0.29, 0.717) is 6.61 Å². The predicted molar refractivity (Wildman–Crippen MR) is 92.7 cm³/mol. The van der Waals surface area contributed by atoms with Crippen molar-refractivity contribution in [3.05, 3.63) is 25.3 Å². The van der Waals surface area contributed by atoms with E-state index in [4.69, 9.17) is 4.74 Å². The van der Waals surface area contributed by atoms with E-state index in [-0.39, 0.29) is 11.9 Å². The van der Waals surface area contributed by atoms with Crippen LogP contribution in [0.1, 0.15) is 58.3 Å². The lowest BCUT2D eigenvalue weighted by Crippen LogP contribution is -2.18. The van der Waals surface area contributed by atoms with E-state index < -0.39 is 0 Å². The van der Waals surface area contributed by atoms with E-state index in [1.165, 1.54) is 55.6 Å². The van der Waals surface area contributed by atoms with Gasteiger partial charge >= 0.3 is 5.97 Å². The number of ether oxygens (including phenoxy) is 1. The molecule has 0 heterocycles. The Hall–Kier alpha value is -1.58. The van der Waals surface area contributed by atoms with Crippen molar-refractivity contribution in [2.75, 3.05) is 20.7 Å². The smallest absolute Gasteiger partial charge is 0.330 e. The molecule has 0 unspecified atom stereocenters. The van der Waals surface area contributed by atoms with E-state index in [9.17, 15) is 9.59 Å². The summed E-state index contributed by atoms with van der Waals surface area (Å²) in [4.78, 5) is 22.5. The maximum absolute atomic E-state index is 10.7. The van der Waals surface area contributed by atoms with Gasteiger partial charge in [0.15, 0.2) is 0 Å². The highest BCUT2D eigenvalue weighted by Crippen LogP contribution is 2.08. The Kier molecular flexibility index (Phi) is 18.0. The summed E-state index contributed by atoms with van der Waals surface area (Å²) in [5.41, 5.74) is 0. The van der Waals surface area contributed by atoms with Crippen molar-refractivity contribution >= 4 is 11.9 Å². The second-order valence-electron chi connectivity index (χ2n) is 5.28. The van der Waals surface area contributed by atoms with Gasteiger partial charge in [0.1, 0.15) is 0 Å². The normalized spacial score (nSPS) is 9.23. The van der Waals surface area contributed by atoms with Crippen molar-refractivity contribution in [1.29, 1.82) is 0 Å². The fraction of sp³-hybridized carbons (Fsp3) is 0.667. The number of rotatable bonds is 11. The van der Waals surface area contributed by atoms with Gasteiger partial charge in [-0.25, -0.2) is 4.79 Å². The fourth-order valence-electron chi connectivity index (χ4n) is 1.65. The van der Waals surface area contributed by atoms with Gasteiger partial charge in [0.05, 0.1) is 6.61 Å². The second-order valence-corrected chi connectivity index (χ2v) is 5.28. The van der Waals surface area contributed by atoms with Gasteiger partial charge in [0, 0.05) is 20.2 Å². The largest absolute Gasteiger partial charge is 0.463 e. The molecule has 0 saturated carbocycles. The third kappa shape index (κ3) is 18.4. The van der Waals surface area contributed by atoms with Crippen molar-refractivity contribution in [3.63, 3.8) is 0 Å². The van der Waals surface area contributed by atoms with Crippen molar-refractivity contribution in [1.82, 2.24) is 4.90 Å². The minimum absolute atomic E-state index is 0.0556. The number of amides is 1. The summed E-state index contributed by atoms with van der Waals surface area (Å²) in [6, 6.07) is 0. The molecule has 0 spiro atoms. The quantitative estimate of drug-likeness (QED) is 0.327. The second kappa shape index (κ2) is 17.5. The van der Waals surface area contributed by atoms with Crippen LogP contribution in [0.3, 0.4) is 0 Å². The lowest BCUT2D eigenvalue weighted by atomic mass is 10.1. The number of nitrogens with zero attached hydrogens (tertiary/aromatic N) is 1. The van der Waals surface area contributed by atoms with Crippen LogP contribution in [0.4, 0.5) is 0 Å². The predicted octanol–water partition coefficient (Wildman–Crippen LogP) is 4.12. The number of carbonyl (C=O) groups is 2. The van der Waals surface area contributed by atoms with Gasteiger partial charge < -0.3 is 9.64 Å². The van der Waals surface area contributed by atoms with Crippen LogP contribution in [-0.4, -0.2) is 37.5 Å². The Balaban J connectivity index is 0. The summed E-state index contributed by atoms with van der Waals surface area (Å²) in [5.74, 6) is -0.363. The Morgan fingerprint density at radius 3 is 1.77 bits per heavy atom. The van der Waals surface area contributed by atoms with Crippen LogP contribution in [0, 0.1) is 0 Å². The molecule has 0 saturated heterocycles. The Morgan fingerprint density at radius 1 is 0.909 bits per heavy atom. The molecule has 0 aromatic heterocycles. The summed E-state index contributed by atoms with van der Waals surface area (Å²) in [7, 11) is 3.37. The minimum atomic E-state index is -0.307. The summed E-state index contributed by atoms with van der Waals surface area (Å²) < 4.78 is 4.88. The molecule has 0 aliphatic heterocycles. The number of hydrogen-bond acceptors (Lipinski definition) is 3. The van der Waals surface area contributed by atoms with Crippen LogP contribution in [0.2, 0.25) is 0 Å². The van der Waals surface area contributed by atoms with Crippen molar-refractivity contribution in [2.45, 2.75) is 58.3 Å². The van der Waals surface area contributed by atoms with E-state index in [0.717, 1.165) is 12.8 Å². The average molecular weight is 311 g/mol. The highest BCUT2D eigenvalue weighted by Gasteiger charge is 1.95. The first kappa shape index (κ1) is 22.7. The zero-order chi connectivity index (χ0) is 17.2. The monoisotopic (exact) mass is 311 g/mol. The van der Waals surface area contributed by atoms with Gasteiger partial charge in [-0.05, 0) is 12.5 Å². The third-order valence-corrected chi connectivity index (χ3v) is 3.02. The zero-order valence-corrected chi connectivity index (χ0v) is 14.6. The molecule has 0 atom stereocenters. The van der Waals surface area contributed by atoms with E-state index in [2.05, 4.69) is 20.1 Å². The fourth-order valence-corrected chi connectivity index (χ4v) is 1.65.